The average Bonchev–Trinajstić information content (AvgIpc) is 2.59. The van der Waals surface area contributed by atoms with Crippen molar-refractivity contribution in [1.29, 1.82) is 0 Å². The van der Waals surface area contributed by atoms with E-state index in [9.17, 15) is 0 Å². The van der Waals surface area contributed by atoms with Crippen molar-refractivity contribution < 1.29 is 9.47 Å². The summed E-state index contributed by atoms with van der Waals surface area (Å²) in [5.74, 6) is 0. The van der Waals surface area contributed by atoms with Crippen molar-refractivity contribution in [3.63, 3.8) is 0 Å². The molecule has 0 spiro atoms. The summed E-state index contributed by atoms with van der Waals surface area (Å²) in [6.45, 7) is 2.06. The monoisotopic (exact) mass is 222 g/mol. The van der Waals surface area contributed by atoms with E-state index in [-0.39, 0.29) is 5.28 Å². The van der Waals surface area contributed by atoms with Gasteiger partial charge in [-0.15, -0.1) is 0 Å². The summed E-state index contributed by atoms with van der Waals surface area (Å²) in [5, 5.41) is 0.544. The third kappa shape index (κ3) is 5.00. The lowest BCUT2D eigenvalue weighted by molar-refractivity contribution is 0.0692. The highest BCUT2D eigenvalue weighted by Gasteiger charge is 1.93. The zero-order valence-electron chi connectivity index (χ0n) is 6.74. The van der Waals surface area contributed by atoms with Crippen LogP contribution in [0.1, 0.15) is 0 Å². The molecule has 0 bridgehead atoms. The molecule has 2 heterocycles. The first-order valence-electron chi connectivity index (χ1n) is 3.58. The number of aromatic nitrogens is 2. The van der Waals surface area contributed by atoms with E-state index < -0.39 is 0 Å². The van der Waals surface area contributed by atoms with Crippen LogP contribution in [0.15, 0.2) is 12.3 Å². The van der Waals surface area contributed by atoms with Gasteiger partial charge in [-0.2, -0.15) is 0 Å². The maximum atomic E-state index is 5.41. The Balaban J connectivity index is 0.000000145. The molecule has 1 aromatic heterocycles. The van der Waals surface area contributed by atoms with Crippen LogP contribution in [0.4, 0.5) is 0 Å². The highest BCUT2D eigenvalue weighted by Crippen LogP contribution is 2.04. The van der Waals surface area contributed by atoms with E-state index in [0.29, 0.717) is 11.9 Å². The Bertz CT molecular complexity index is 231. The molecule has 0 amide bonds. The van der Waals surface area contributed by atoms with E-state index in [1.54, 1.807) is 6.07 Å². The molecule has 2 rings (SSSR count). The molecule has 0 aromatic carbocycles. The fourth-order valence-corrected chi connectivity index (χ4v) is 0.936. The van der Waals surface area contributed by atoms with Gasteiger partial charge in [-0.3, -0.25) is 0 Å². The van der Waals surface area contributed by atoms with Gasteiger partial charge < -0.3 is 9.47 Å². The molecule has 0 atom stereocenters. The molecule has 72 valence electrons. The number of rotatable bonds is 0. The van der Waals surface area contributed by atoms with Gasteiger partial charge in [0.1, 0.15) is 11.9 Å². The van der Waals surface area contributed by atoms with Gasteiger partial charge in [0.05, 0.1) is 13.2 Å². The van der Waals surface area contributed by atoms with E-state index in [0.717, 1.165) is 13.2 Å². The van der Waals surface area contributed by atoms with Gasteiger partial charge in [0.25, 0.3) is 0 Å². The molecule has 0 unspecified atom stereocenters. The quantitative estimate of drug-likeness (QED) is 0.496. The number of hydrogen-bond donors (Lipinski definition) is 0. The predicted octanol–water partition coefficient (Wildman–Crippen LogP) is 1.77. The van der Waals surface area contributed by atoms with Crippen molar-refractivity contribution in [2.45, 2.75) is 0 Å². The number of hydrogen-bond acceptors (Lipinski definition) is 4. The molecule has 1 saturated heterocycles. The van der Waals surface area contributed by atoms with E-state index in [4.69, 9.17) is 32.7 Å². The molecule has 1 aromatic rings. The molecule has 1 aliphatic heterocycles. The average molecular weight is 223 g/mol. The number of ether oxygens (including phenoxy) is 2. The molecule has 0 saturated carbocycles. The standard InChI is InChI=1S/C4H2Cl2N2.C3H6O2/c5-3-1-2-7-4(6)8-3;1-2-5-3-4-1/h1-2H;1-3H2. The third-order valence-electron chi connectivity index (χ3n) is 1.13. The summed E-state index contributed by atoms with van der Waals surface area (Å²) in [7, 11) is 0. The Morgan fingerprint density at radius 3 is 2.23 bits per heavy atom. The van der Waals surface area contributed by atoms with Crippen LogP contribution in [0.2, 0.25) is 10.4 Å². The second kappa shape index (κ2) is 6.10. The largest absolute Gasteiger partial charge is 0.353 e. The molecular weight excluding hydrogens is 215 g/mol. The first-order chi connectivity index (χ1) is 6.29. The summed E-state index contributed by atoms with van der Waals surface area (Å²) in [6.07, 6.45) is 1.50. The molecule has 1 fully saturated rings. The normalized spacial score (nSPS) is 14.9. The van der Waals surface area contributed by atoms with Crippen LogP contribution in [0.3, 0.4) is 0 Å². The first-order valence-corrected chi connectivity index (χ1v) is 4.34. The van der Waals surface area contributed by atoms with Gasteiger partial charge in [-0.05, 0) is 17.7 Å². The van der Waals surface area contributed by atoms with E-state index in [1.807, 2.05) is 0 Å². The molecular formula is C7H8Cl2N2O2. The maximum Gasteiger partial charge on any atom is 0.223 e. The Kier molecular flexibility index (Phi) is 5.00. The van der Waals surface area contributed by atoms with E-state index in [2.05, 4.69) is 9.97 Å². The fourth-order valence-electron chi connectivity index (χ4n) is 0.609. The van der Waals surface area contributed by atoms with E-state index >= 15 is 0 Å². The lowest BCUT2D eigenvalue weighted by Gasteiger charge is -1.85. The maximum absolute atomic E-state index is 5.41. The molecule has 0 N–H and O–H groups in total. The van der Waals surface area contributed by atoms with Gasteiger partial charge in [0.2, 0.25) is 5.28 Å². The highest BCUT2D eigenvalue weighted by molar-refractivity contribution is 6.31. The van der Waals surface area contributed by atoms with Crippen LogP contribution in [0, 0.1) is 0 Å². The predicted molar refractivity (Wildman–Crippen MR) is 48.8 cm³/mol. The van der Waals surface area contributed by atoms with Crippen LogP contribution in [-0.2, 0) is 9.47 Å². The zero-order chi connectivity index (χ0) is 9.52. The second-order valence-electron chi connectivity index (χ2n) is 2.08. The SMILES string of the molecule is C1COCO1.Clc1ccnc(Cl)n1. The second-order valence-corrected chi connectivity index (χ2v) is 2.81. The number of halogens is 2. The fraction of sp³-hybridized carbons (Fsp3) is 0.429. The zero-order valence-corrected chi connectivity index (χ0v) is 8.25. The molecule has 0 radical (unpaired) electrons. The summed E-state index contributed by atoms with van der Waals surface area (Å²) < 4.78 is 9.44. The summed E-state index contributed by atoms with van der Waals surface area (Å²) >= 11 is 10.7. The minimum atomic E-state index is 0.178. The van der Waals surface area contributed by atoms with Gasteiger partial charge in [-0.1, -0.05) is 11.6 Å². The van der Waals surface area contributed by atoms with Crippen molar-refractivity contribution in [3.05, 3.63) is 22.7 Å². The van der Waals surface area contributed by atoms with Crippen molar-refractivity contribution >= 4 is 23.2 Å². The third-order valence-corrected chi connectivity index (χ3v) is 1.52. The summed E-state index contributed by atoms with van der Waals surface area (Å²) in [4.78, 5) is 7.20. The summed E-state index contributed by atoms with van der Waals surface area (Å²) in [6, 6.07) is 1.56. The Labute approximate surface area is 85.8 Å². The Morgan fingerprint density at radius 2 is 1.92 bits per heavy atom. The minimum absolute atomic E-state index is 0.178. The van der Waals surface area contributed by atoms with Crippen LogP contribution in [-0.4, -0.2) is 30.0 Å². The number of nitrogens with zero attached hydrogens (tertiary/aromatic N) is 2. The van der Waals surface area contributed by atoms with Crippen molar-refractivity contribution in [2.24, 2.45) is 0 Å². The molecule has 4 nitrogen and oxygen atoms in total. The van der Waals surface area contributed by atoms with Crippen LogP contribution < -0.4 is 0 Å². The Morgan fingerprint density at radius 1 is 1.23 bits per heavy atom. The highest BCUT2D eigenvalue weighted by atomic mass is 35.5. The molecule has 0 aliphatic carbocycles. The lowest BCUT2D eigenvalue weighted by atomic mass is 10.7. The van der Waals surface area contributed by atoms with Gasteiger partial charge in [-0.25, -0.2) is 9.97 Å². The van der Waals surface area contributed by atoms with Gasteiger partial charge >= 0.3 is 0 Å². The molecule has 1 aliphatic rings. The van der Waals surface area contributed by atoms with Crippen LogP contribution >= 0.6 is 23.2 Å². The van der Waals surface area contributed by atoms with E-state index in [1.165, 1.54) is 6.20 Å². The minimum Gasteiger partial charge on any atom is -0.353 e. The Hall–Kier alpha value is -0.420. The van der Waals surface area contributed by atoms with Crippen molar-refractivity contribution in [1.82, 2.24) is 9.97 Å². The lowest BCUT2D eigenvalue weighted by Crippen LogP contribution is -1.79. The van der Waals surface area contributed by atoms with Crippen LogP contribution in [0.5, 0.6) is 0 Å². The summed E-state index contributed by atoms with van der Waals surface area (Å²) in [5.41, 5.74) is 0. The van der Waals surface area contributed by atoms with Crippen molar-refractivity contribution in [2.75, 3.05) is 20.0 Å². The topological polar surface area (TPSA) is 44.2 Å². The van der Waals surface area contributed by atoms with Crippen LogP contribution in [0.25, 0.3) is 0 Å². The van der Waals surface area contributed by atoms with Gasteiger partial charge in [0, 0.05) is 6.20 Å². The van der Waals surface area contributed by atoms with Crippen molar-refractivity contribution in [3.8, 4) is 0 Å². The first kappa shape index (κ1) is 10.7. The van der Waals surface area contributed by atoms with Gasteiger partial charge in [0.15, 0.2) is 0 Å². The molecule has 6 heteroatoms. The smallest absolute Gasteiger partial charge is 0.223 e. The molecule has 13 heavy (non-hydrogen) atoms.